The zero-order valence-corrected chi connectivity index (χ0v) is 3.12. The highest BCUT2D eigenvalue weighted by Gasteiger charge is 1.62. The number of hydrogen-bond acceptors (Lipinski definition) is 3. The molecule has 0 atom stereocenters. The summed E-state index contributed by atoms with van der Waals surface area (Å²) in [6.45, 7) is 0. The fourth-order valence-corrected chi connectivity index (χ4v) is 0.0612. The van der Waals surface area contributed by atoms with Crippen molar-refractivity contribution >= 4 is 11.8 Å². The van der Waals surface area contributed by atoms with Gasteiger partial charge < -0.3 is 0 Å². The van der Waals surface area contributed by atoms with Crippen molar-refractivity contribution in [1.29, 1.82) is 10.5 Å². The number of nitriles is 2. The van der Waals surface area contributed by atoms with E-state index < -0.39 is 0 Å². The van der Waals surface area contributed by atoms with Crippen molar-refractivity contribution in [3.05, 3.63) is 0 Å². The van der Waals surface area contributed by atoms with E-state index in [9.17, 15) is 0 Å². The maximum Gasteiger partial charge on any atom is 0.149 e. The van der Waals surface area contributed by atoms with Crippen LogP contribution in [-0.2, 0) is 0 Å². The van der Waals surface area contributed by atoms with Gasteiger partial charge in [0.25, 0.3) is 0 Å². The largest absolute Gasteiger partial charge is 0.184 e. The van der Waals surface area contributed by atoms with E-state index >= 15 is 0 Å². The van der Waals surface area contributed by atoms with Gasteiger partial charge in [-0.25, -0.2) is 0 Å². The van der Waals surface area contributed by atoms with E-state index in [4.69, 9.17) is 10.5 Å². The average molecular weight is 84.1 g/mol. The van der Waals surface area contributed by atoms with Gasteiger partial charge in [0.05, 0.1) is 11.8 Å². The lowest BCUT2D eigenvalue weighted by molar-refractivity contribution is 1.56. The van der Waals surface area contributed by atoms with E-state index in [1.54, 1.807) is 10.8 Å². The molecular weight excluding hydrogens is 84.1 g/mol. The van der Waals surface area contributed by atoms with Crippen molar-refractivity contribution in [2.24, 2.45) is 0 Å². The molecule has 0 spiro atoms. The first kappa shape index (κ1) is 4.33. The maximum absolute atomic E-state index is 7.56. The predicted octanol–water partition coefficient (Wildman–Crippen LogP) is 0.682. The van der Waals surface area contributed by atoms with Crippen molar-refractivity contribution in [2.45, 2.75) is 0 Å². The first-order valence-corrected chi connectivity index (χ1v) is 1.67. The van der Waals surface area contributed by atoms with Crippen LogP contribution in [0.1, 0.15) is 0 Å². The molecule has 0 aromatic rings. The smallest absolute Gasteiger partial charge is 0.149 e. The highest BCUT2D eigenvalue weighted by Crippen LogP contribution is 1.85. The van der Waals surface area contributed by atoms with Crippen LogP contribution in [0.3, 0.4) is 0 Å². The van der Waals surface area contributed by atoms with Gasteiger partial charge in [0.2, 0.25) is 0 Å². The van der Waals surface area contributed by atoms with Crippen molar-refractivity contribution in [3.8, 4) is 10.8 Å². The minimum atomic E-state index is 0.574. The SMILES string of the molecule is N#CSC#N. The van der Waals surface area contributed by atoms with Crippen LogP contribution in [0.4, 0.5) is 0 Å². The highest BCUT2D eigenvalue weighted by molar-refractivity contribution is 8.07. The summed E-state index contributed by atoms with van der Waals surface area (Å²) < 4.78 is 0. The summed E-state index contributed by atoms with van der Waals surface area (Å²) in [5.74, 6) is 0. The summed E-state index contributed by atoms with van der Waals surface area (Å²) in [5, 5.41) is 18.3. The second-order valence-corrected chi connectivity index (χ2v) is 0.854. The van der Waals surface area contributed by atoms with E-state index in [1.807, 2.05) is 0 Å². The van der Waals surface area contributed by atoms with Gasteiger partial charge in [0.1, 0.15) is 10.8 Å². The zero-order valence-electron chi connectivity index (χ0n) is 2.30. The number of hydrogen-bond donors (Lipinski definition) is 0. The Labute approximate surface area is 34.0 Å². The number of nitrogens with zero attached hydrogens (tertiary/aromatic N) is 2. The summed E-state index contributed by atoms with van der Waals surface area (Å²) in [5.41, 5.74) is 0. The molecule has 0 heterocycles. The van der Waals surface area contributed by atoms with E-state index in [0.29, 0.717) is 11.8 Å². The van der Waals surface area contributed by atoms with Crippen LogP contribution in [0, 0.1) is 21.3 Å². The second-order valence-electron chi connectivity index (χ2n) is 0.285. The minimum absolute atomic E-state index is 0.574. The van der Waals surface area contributed by atoms with E-state index in [2.05, 4.69) is 0 Å². The molecule has 3 heteroatoms. The summed E-state index contributed by atoms with van der Waals surface area (Å²) in [6.07, 6.45) is 0. The summed E-state index contributed by atoms with van der Waals surface area (Å²) in [6, 6.07) is 0. The maximum atomic E-state index is 7.56. The van der Waals surface area contributed by atoms with Crippen LogP contribution in [0.15, 0.2) is 0 Å². The van der Waals surface area contributed by atoms with E-state index in [1.165, 1.54) is 0 Å². The molecule has 0 saturated carbocycles. The lowest BCUT2D eigenvalue weighted by Crippen LogP contribution is -1.29. The van der Waals surface area contributed by atoms with Gasteiger partial charge in [-0.2, -0.15) is 10.5 Å². The van der Waals surface area contributed by atoms with Crippen molar-refractivity contribution in [1.82, 2.24) is 0 Å². The van der Waals surface area contributed by atoms with Crippen LogP contribution in [-0.4, -0.2) is 0 Å². The van der Waals surface area contributed by atoms with Crippen LogP contribution in [0.2, 0.25) is 0 Å². The zero-order chi connectivity index (χ0) is 4.12. The van der Waals surface area contributed by atoms with Crippen LogP contribution in [0.5, 0.6) is 0 Å². The molecule has 0 rings (SSSR count). The van der Waals surface area contributed by atoms with Gasteiger partial charge in [0, 0.05) is 0 Å². The average Bonchev–Trinajstić information content (AvgIpc) is 1.41. The van der Waals surface area contributed by atoms with Gasteiger partial charge in [-0.05, 0) is 0 Å². The summed E-state index contributed by atoms with van der Waals surface area (Å²) >= 11 is 0.574. The first-order valence-electron chi connectivity index (χ1n) is 0.855. The molecule has 0 N–H and O–H groups in total. The standard InChI is InChI=1S/C2N2S/c3-1-5-2-4. The van der Waals surface area contributed by atoms with Crippen molar-refractivity contribution in [2.75, 3.05) is 0 Å². The second kappa shape index (κ2) is 3.33. The molecule has 0 aromatic carbocycles. The van der Waals surface area contributed by atoms with Gasteiger partial charge >= 0.3 is 0 Å². The Morgan fingerprint density at radius 1 is 1.20 bits per heavy atom. The molecule has 0 aliphatic rings. The Balaban J connectivity index is 2.86. The molecule has 0 aliphatic carbocycles. The fraction of sp³-hybridized carbons (Fsp3) is 0. The van der Waals surface area contributed by atoms with Gasteiger partial charge in [-0.1, -0.05) is 0 Å². The Hall–Kier alpha value is -0.670. The van der Waals surface area contributed by atoms with E-state index in [-0.39, 0.29) is 0 Å². The summed E-state index contributed by atoms with van der Waals surface area (Å²) in [7, 11) is 0. The Morgan fingerprint density at radius 2 is 1.60 bits per heavy atom. The van der Waals surface area contributed by atoms with Crippen molar-refractivity contribution < 1.29 is 0 Å². The topological polar surface area (TPSA) is 47.6 Å². The highest BCUT2D eigenvalue weighted by atomic mass is 32.2. The Morgan fingerprint density at radius 3 is 1.60 bits per heavy atom. The number of thioether (sulfide) groups is 1. The van der Waals surface area contributed by atoms with Gasteiger partial charge in [-0.3, -0.25) is 0 Å². The molecule has 0 unspecified atom stereocenters. The van der Waals surface area contributed by atoms with Gasteiger partial charge in [-0.15, -0.1) is 0 Å². The van der Waals surface area contributed by atoms with E-state index in [0.717, 1.165) is 0 Å². The normalized spacial score (nSPS) is 4.40. The van der Waals surface area contributed by atoms with Crippen LogP contribution < -0.4 is 0 Å². The molecule has 0 aromatic heterocycles. The molecule has 2 nitrogen and oxygen atoms in total. The molecule has 0 saturated heterocycles. The molecule has 5 heavy (non-hydrogen) atoms. The fourth-order valence-electron chi connectivity index (χ4n) is 0.0204. The quantitative estimate of drug-likeness (QED) is 0.405. The van der Waals surface area contributed by atoms with Gasteiger partial charge in [0.15, 0.2) is 0 Å². The lowest BCUT2D eigenvalue weighted by Gasteiger charge is -1.44. The Kier molecular flexibility index (Phi) is 2.88. The third-order valence-corrected chi connectivity index (χ3v) is 0.274. The summed E-state index contributed by atoms with van der Waals surface area (Å²) in [4.78, 5) is 0. The molecule has 0 bridgehead atoms. The predicted molar refractivity (Wildman–Crippen MR) is 18.8 cm³/mol. The molecular formula is C2N2S. The molecule has 0 aliphatic heterocycles. The number of rotatable bonds is 0. The molecule has 0 radical (unpaired) electrons. The van der Waals surface area contributed by atoms with Crippen molar-refractivity contribution in [3.63, 3.8) is 0 Å². The monoisotopic (exact) mass is 84.0 g/mol. The third kappa shape index (κ3) is 3.33. The molecule has 0 fully saturated rings. The molecule has 0 amide bonds. The third-order valence-electron chi connectivity index (χ3n) is 0.0913. The minimum Gasteiger partial charge on any atom is -0.184 e. The lowest BCUT2D eigenvalue weighted by atomic mass is 11.8. The first-order chi connectivity index (χ1) is 2.41. The molecule has 24 valence electrons. The Bertz CT molecular complexity index is 72.8. The van der Waals surface area contributed by atoms with Crippen LogP contribution >= 0.6 is 11.8 Å². The van der Waals surface area contributed by atoms with Crippen LogP contribution in [0.25, 0.3) is 0 Å². The number of thiocyanates is 2.